The molecule has 302 valence electrons. The first-order valence-electron chi connectivity index (χ1n) is 22.2. The van der Waals surface area contributed by atoms with Crippen molar-refractivity contribution in [3.05, 3.63) is 48.6 Å². The van der Waals surface area contributed by atoms with E-state index in [1.165, 1.54) is 122 Å². The van der Waals surface area contributed by atoms with Crippen molar-refractivity contribution < 1.29 is 23.8 Å². The summed E-state index contributed by atoms with van der Waals surface area (Å²) in [6.45, 7) is 7.63. The Morgan fingerprint density at radius 3 is 1.35 bits per heavy atom. The van der Waals surface area contributed by atoms with Crippen molar-refractivity contribution in [2.75, 3.05) is 19.8 Å². The molecule has 0 aromatic heterocycles. The highest BCUT2D eigenvalue weighted by Gasteiger charge is 2.17. The third-order valence-corrected chi connectivity index (χ3v) is 9.39. The van der Waals surface area contributed by atoms with Crippen LogP contribution in [0.2, 0.25) is 0 Å². The molecule has 0 saturated heterocycles. The first-order valence-corrected chi connectivity index (χ1v) is 22.2. The Kier molecular flexibility index (Phi) is 41.5. The lowest BCUT2D eigenvalue weighted by atomic mass is 10.0. The minimum atomic E-state index is -0.556. The number of esters is 2. The second-order valence-corrected chi connectivity index (χ2v) is 14.6. The number of ether oxygens (including phenoxy) is 3. The van der Waals surface area contributed by atoms with Gasteiger partial charge in [0.1, 0.15) is 6.61 Å². The SMILES string of the molecule is CC/C=C\C/C=C\C/C=C\C/C=C\CCC(=O)OCC(COCCCCCCCCCCCCCCCC)OC(=O)CCCCCCCCCCC. The van der Waals surface area contributed by atoms with Gasteiger partial charge in [0.2, 0.25) is 0 Å². The van der Waals surface area contributed by atoms with Gasteiger partial charge in [-0.15, -0.1) is 0 Å². The molecule has 0 heterocycles. The second-order valence-electron chi connectivity index (χ2n) is 14.6. The van der Waals surface area contributed by atoms with E-state index < -0.39 is 6.10 Å². The second kappa shape index (κ2) is 43.3. The summed E-state index contributed by atoms with van der Waals surface area (Å²) in [4.78, 5) is 25.1. The summed E-state index contributed by atoms with van der Waals surface area (Å²) in [6.07, 6.45) is 51.2. The fourth-order valence-corrected chi connectivity index (χ4v) is 6.11. The van der Waals surface area contributed by atoms with Gasteiger partial charge < -0.3 is 14.2 Å². The fourth-order valence-electron chi connectivity index (χ4n) is 6.11. The highest BCUT2D eigenvalue weighted by molar-refractivity contribution is 5.70. The number of rotatable bonds is 40. The predicted octanol–water partition coefficient (Wildman–Crippen LogP) is 14.4. The predicted molar refractivity (Wildman–Crippen MR) is 224 cm³/mol. The Labute approximate surface area is 322 Å². The van der Waals surface area contributed by atoms with Gasteiger partial charge in [0.15, 0.2) is 6.10 Å². The molecule has 0 rings (SSSR count). The molecule has 5 nitrogen and oxygen atoms in total. The Morgan fingerprint density at radius 1 is 0.442 bits per heavy atom. The molecule has 1 unspecified atom stereocenters. The molecule has 0 spiro atoms. The Morgan fingerprint density at radius 2 is 0.865 bits per heavy atom. The zero-order chi connectivity index (χ0) is 37.8. The van der Waals surface area contributed by atoms with Gasteiger partial charge in [0.25, 0.3) is 0 Å². The minimum Gasteiger partial charge on any atom is -0.462 e. The van der Waals surface area contributed by atoms with E-state index >= 15 is 0 Å². The van der Waals surface area contributed by atoms with Crippen LogP contribution in [0.5, 0.6) is 0 Å². The van der Waals surface area contributed by atoms with E-state index in [1.807, 2.05) is 6.08 Å². The average Bonchev–Trinajstić information content (AvgIpc) is 3.14. The number of hydrogen-bond acceptors (Lipinski definition) is 5. The van der Waals surface area contributed by atoms with Gasteiger partial charge >= 0.3 is 11.9 Å². The van der Waals surface area contributed by atoms with Crippen LogP contribution in [0.25, 0.3) is 0 Å². The van der Waals surface area contributed by atoms with E-state index in [2.05, 4.69) is 63.3 Å². The molecule has 5 heteroatoms. The number of carbonyl (C=O) groups is 2. The quantitative estimate of drug-likeness (QED) is 0.0357. The molecule has 0 aromatic rings. The van der Waals surface area contributed by atoms with Gasteiger partial charge in [-0.25, -0.2) is 0 Å². The molecule has 0 bridgehead atoms. The molecule has 0 fully saturated rings. The van der Waals surface area contributed by atoms with E-state index in [4.69, 9.17) is 14.2 Å². The zero-order valence-electron chi connectivity index (χ0n) is 34.6. The van der Waals surface area contributed by atoms with Gasteiger partial charge in [-0.05, 0) is 44.9 Å². The summed E-state index contributed by atoms with van der Waals surface area (Å²) in [6, 6.07) is 0. The van der Waals surface area contributed by atoms with Crippen molar-refractivity contribution in [1.29, 1.82) is 0 Å². The molecule has 0 aliphatic carbocycles. The van der Waals surface area contributed by atoms with Gasteiger partial charge in [-0.3, -0.25) is 9.59 Å². The van der Waals surface area contributed by atoms with E-state index in [9.17, 15) is 9.59 Å². The molecule has 52 heavy (non-hydrogen) atoms. The van der Waals surface area contributed by atoms with E-state index in [0.29, 0.717) is 25.9 Å². The number of allylic oxidation sites excluding steroid dienone is 8. The molecule has 0 aliphatic heterocycles. The van der Waals surface area contributed by atoms with Crippen LogP contribution in [0, 0.1) is 0 Å². The van der Waals surface area contributed by atoms with Gasteiger partial charge in [0.05, 0.1) is 6.61 Å². The van der Waals surface area contributed by atoms with Crippen molar-refractivity contribution in [3.8, 4) is 0 Å². The third-order valence-electron chi connectivity index (χ3n) is 9.39. The monoisotopic (exact) mass is 729 g/mol. The summed E-state index contributed by atoms with van der Waals surface area (Å²) in [5.74, 6) is -0.488. The fraction of sp³-hybridized carbons (Fsp3) is 0.787. The molecule has 0 aromatic carbocycles. The van der Waals surface area contributed by atoms with Crippen molar-refractivity contribution >= 4 is 11.9 Å². The van der Waals surface area contributed by atoms with Crippen molar-refractivity contribution in [3.63, 3.8) is 0 Å². The molecule has 0 saturated carbocycles. The highest BCUT2D eigenvalue weighted by Crippen LogP contribution is 2.14. The highest BCUT2D eigenvalue weighted by atomic mass is 16.6. The largest absolute Gasteiger partial charge is 0.462 e. The average molecular weight is 729 g/mol. The van der Waals surface area contributed by atoms with Crippen LogP contribution in [-0.2, 0) is 23.8 Å². The molecule has 0 radical (unpaired) electrons. The lowest BCUT2D eigenvalue weighted by Crippen LogP contribution is -2.30. The molecule has 1 atom stereocenters. The normalized spacial score (nSPS) is 12.6. The maximum absolute atomic E-state index is 12.6. The number of carbonyl (C=O) groups excluding carboxylic acids is 2. The lowest BCUT2D eigenvalue weighted by Gasteiger charge is -2.18. The molecule has 0 aliphatic rings. The van der Waals surface area contributed by atoms with Gasteiger partial charge in [-0.1, -0.05) is 204 Å². The first kappa shape index (κ1) is 49.9. The lowest BCUT2D eigenvalue weighted by molar-refractivity contribution is -0.162. The number of hydrogen-bond donors (Lipinski definition) is 0. The van der Waals surface area contributed by atoms with Crippen molar-refractivity contribution in [2.24, 2.45) is 0 Å². The van der Waals surface area contributed by atoms with Crippen LogP contribution in [0.4, 0.5) is 0 Å². The summed E-state index contributed by atoms with van der Waals surface area (Å²) >= 11 is 0. The van der Waals surface area contributed by atoms with Crippen LogP contribution in [0.1, 0.15) is 213 Å². The Bertz CT molecular complexity index is 873. The molecular weight excluding hydrogens is 645 g/mol. The van der Waals surface area contributed by atoms with E-state index in [0.717, 1.165) is 51.4 Å². The summed E-state index contributed by atoms with van der Waals surface area (Å²) in [5.41, 5.74) is 0. The number of unbranched alkanes of at least 4 members (excludes halogenated alkanes) is 21. The standard InChI is InChI=1S/C47H84O5/c1-4-7-10-13-16-19-21-23-25-27-30-33-36-39-42-50-43-45(52-47(49)41-38-35-32-28-18-15-12-9-6-3)44-51-46(48)40-37-34-31-29-26-24-22-20-17-14-11-8-5-2/h8,11,17,20,24,26,31,34,45H,4-7,9-10,12-16,18-19,21-23,25,27-30,32-33,35-44H2,1-3H3/b11-8-,20-17-,26-24-,34-31-. The van der Waals surface area contributed by atoms with Crippen LogP contribution in [0.3, 0.4) is 0 Å². The van der Waals surface area contributed by atoms with E-state index in [-0.39, 0.29) is 25.2 Å². The summed E-state index contributed by atoms with van der Waals surface area (Å²) in [7, 11) is 0. The maximum Gasteiger partial charge on any atom is 0.306 e. The van der Waals surface area contributed by atoms with Crippen LogP contribution < -0.4 is 0 Å². The summed E-state index contributed by atoms with van der Waals surface area (Å²) in [5, 5.41) is 0. The summed E-state index contributed by atoms with van der Waals surface area (Å²) < 4.78 is 17.2. The van der Waals surface area contributed by atoms with Gasteiger partial charge in [-0.2, -0.15) is 0 Å². The topological polar surface area (TPSA) is 61.8 Å². The van der Waals surface area contributed by atoms with Crippen LogP contribution in [-0.4, -0.2) is 37.9 Å². The Hall–Kier alpha value is -2.14. The zero-order valence-corrected chi connectivity index (χ0v) is 34.6. The van der Waals surface area contributed by atoms with Crippen molar-refractivity contribution in [1.82, 2.24) is 0 Å². The molecule has 0 N–H and O–H groups in total. The third kappa shape index (κ3) is 40.6. The van der Waals surface area contributed by atoms with E-state index in [1.54, 1.807) is 0 Å². The first-order chi connectivity index (χ1) is 25.6. The Balaban J connectivity index is 4.30. The molecule has 0 amide bonds. The van der Waals surface area contributed by atoms with Crippen LogP contribution in [0.15, 0.2) is 48.6 Å². The minimum absolute atomic E-state index is 0.0509. The smallest absolute Gasteiger partial charge is 0.306 e. The maximum atomic E-state index is 12.6. The van der Waals surface area contributed by atoms with Gasteiger partial charge in [0, 0.05) is 19.4 Å². The van der Waals surface area contributed by atoms with Crippen LogP contribution >= 0.6 is 0 Å². The molecular formula is C47H84O5. The van der Waals surface area contributed by atoms with Crippen molar-refractivity contribution in [2.45, 2.75) is 219 Å².